The van der Waals surface area contributed by atoms with Crippen molar-refractivity contribution in [2.75, 3.05) is 13.1 Å². The number of halogens is 1. The lowest BCUT2D eigenvalue weighted by molar-refractivity contribution is -0.122. The van der Waals surface area contributed by atoms with E-state index in [2.05, 4.69) is 0 Å². The number of amides is 2. The highest BCUT2D eigenvalue weighted by Gasteiger charge is 2.34. The summed E-state index contributed by atoms with van der Waals surface area (Å²) in [5, 5.41) is 0.256. The van der Waals surface area contributed by atoms with Crippen LogP contribution in [0.2, 0.25) is 5.02 Å². The van der Waals surface area contributed by atoms with Crippen molar-refractivity contribution in [3.05, 3.63) is 39.8 Å². The first-order valence-corrected chi connectivity index (χ1v) is 6.53. The summed E-state index contributed by atoms with van der Waals surface area (Å²) in [4.78, 5) is 25.1. The van der Waals surface area contributed by atoms with Crippen LogP contribution in [0.4, 0.5) is 4.79 Å². The molecule has 94 valence electrons. The fourth-order valence-electron chi connectivity index (χ4n) is 1.56. The van der Waals surface area contributed by atoms with Gasteiger partial charge in [-0.2, -0.15) is 0 Å². The first-order valence-electron chi connectivity index (χ1n) is 5.33. The predicted molar refractivity (Wildman–Crippen MR) is 73.2 cm³/mol. The molecule has 0 radical (unpaired) electrons. The Labute approximate surface area is 114 Å². The van der Waals surface area contributed by atoms with Crippen LogP contribution in [-0.4, -0.2) is 29.1 Å². The van der Waals surface area contributed by atoms with E-state index in [0.29, 0.717) is 9.93 Å². The fraction of sp³-hybridized carbons (Fsp3) is 0.167. The third-order valence-corrected chi connectivity index (χ3v) is 3.67. The van der Waals surface area contributed by atoms with Crippen molar-refractivity contribution < 1.29 is 9.59 Å². The van der Waals surface area contributed by atoms with E-state index in [4.69, 9.17) is 17.3 Å². The molecule has 2 rings (SSSR count). The number of hydrogen-bond acceptors (Lipinski definition) is 4. The van der Waals surface area contributed by atoms with Gasteiger partial charge in [-0.15, -0.1) is 0 Å². The molecule has 0 atom stereocenters. The van der Waals surface area contributed by atoms with Crippen molar-refractivity contribution in [3.63, 3.8) is 0 Å². The minimum absolute atomic E-state index is 0.241. The largest absolute Gasteiger partial charge is 0.329 e. The Morgan fingerprint density at radius 3 is 2.72 bits per heavy atom. The molecule has 0 aromatic heterocycles. The van der Waals surface area contributed by atoms with E-state index in [1.165, 1.54) is 0 Å². The van der Waals surface area contributed by atoms with E-state index < -0.39 is 0 Å². The van der Waals surface area contributed by atoms with Gasteiger partial charge in [0.25, 0.3) is 11.1 Å². The Morgan fingerprint density at radius 2 is 2.06 bits per heavy atom. The lowest BCUT2D eigenvalue weighted by atomic mass is 10.2. The van der Waals surface area contributed by atoms with Gasteiger partial charge < -0.3 is 5.73 Å². The van der Waals surface area contributed by atoms with Gasteiger partial charge in [0.1, 0.15) is 0 Å². The van der Waals surface area contributed by atoms with Crippen LogP contribution in [0.15, 0.2) is 29.2 Å². The van der Waals surface area contributed by atoms with Crippen LogP contribution in [0.5, 0.6) is 0 Å². The summed E-state index contributed by atoms with van der Waals surface area (Å²) in [6.45, 7) is 0.502. The van der Waals surface area contributed by atoms with Gasteiger partial charge in [-0.1, -0.05) is 29.8 Å². The van der Waals surface area contributed by atoms with Gasteiger partial charge in [0.15, 0.2) is 0 Å². The van der Waals surface area contributed by atoms with Gasteiger partial charge in [0.05, 0.1) is 4.91 Å². The summed E-state index contributed by atoms with van der Waals surface area (Å²) in [5.41, 5.74) is 6.08. The molecular weight excluding hydrogens is 272 g/mol. The quantitative estimate of drug-likeness (QED) is 0.864. The Bertz CT molecular complexity index is 531. The van der Waals surface area contributed by atoms with E-state index in [1.54, 1.807) is 24.3 Å². The van der Waals surface area contributed by atoms with Crippen LogP contribution in [0.25, 0.3) is 6.08 Å². The van der Waals surface area contributed by atoms with E-state index in [1.807, 2.05) is 6.07 Å². The summed E-state index contributed by atoms with van der Waals surface area (Å²) in [7, 11) is 0. The normalized spacial score (nSPS) is 17.9. The minimum Gasteiger partial charge on any atom is -0.329 e. The van der Waals surface area contributed by atoms with Gasteiger partial charge in [0, 0.05) is 18.1 Å². The molecule has 1 aliphatic rings. The smallest absolute Gasteiger partial charge is 0.293 e. The average Bonchev–Trinajstić information content (AvgIpc) is 2.60. The van der Waals surface area contributed by atoms with Crippen molar-refractivity contribution in [2.45, 2.75) is 0 Å². The van der Waals surface area contributed by atoms with Crippen molar-refractivity contribution in [2.24, 2.45) is 5.73 Å². The van der Waals surface area contributed by atoms with E-state index in [-0.39, 0.29) is 24.2 Å². The summed E-state index contributed by atoms with van der Waals surface area (Å²) < 4.78 is 0. The van der Waals surface area contributed by atoms with Gasteiger partial charge in [-0.3, -0.25) is 14.5 Å². The SMILES string of the molecule is NCCN1C(=O)S/C(=C\c2ccccc2Cl)C1=O. The standard InChI is InChI=1S/C12H11ClN2O2S/c13-9-4-2-1-3-8(9)7-10-11(16)15(6-5-14)12(17)18-10/h1-4,7H,5-6,14H2/b10-7-. The van der Waals surface area contributed by atoms with Crippen LogP contribution < -0.4 is 5.73 Å². The molecule has 0 unspecified atom stereocenters. The minimum atomic E-state index is -0.310. The Kier molecular flexibility index (Phi) is 4.06. The van der Waals surface area contributed by atoms with Gasteiger partial charge in [-0.25, -0.2) is 0 Å². The van der Waals surface area contributed by atoms with E-state index >= 15 is 0 Å². The molecule has 6 heteroatoms. The highest BCUT2D eigenvalue weighted by atomic mass is 35.5. The molecule has 0 aliphatic carbocycles. The first kappa shape index (κ1) is 13.1. The molecule has 1 aromatic carbocycles. The Hall–Kier alpha value is -1.30. The van der Waals surface area contributed by atoms with Crippen molar-refractivity contribution in [3.8, 4) is 0 Å². The Balaban J connectivity index is 2.28. The second-order valence-electron chi connectivity index (χ2n) is 3.64. The number of carbonyl (C=O) groups is 2. The summed E-state index contributed by atoms with van der Waals surface area (Å²) >= 11 is 6.91. The average molecular weight is 283 g/mol. The van der Waals surface area contributed by atoms with Gasteiger partial charge in [0.2, 0.25) is 0 Å². The summed E-state index contributed by atoms with van der Waals surface area (Å²) in [5.74, 6) is -0.310. The second-order valence-corrected chi connectivity index (χ2v) is 5.04. The number of carbonyl (C=O) groups excluding carboxylic acids is 2. The monoisotopic (exact) mass is 282 g/mol. The molecule has 0 bridgehead atoms. The topological polar surface area (TPSA) is 63.4 Å². The molecule has 1 fully saturated rings. The molecule has 2 N–H and O–H groups in total. The van der Waals surface area contributed by atoms with Crippen LogP contribution in [0.1, 0.15) is 5.56 Å². The molecule has 4 nitrogen and oxygen atoms in total. The molecule has 0 saturated carbocycles. The lowest BCUT2D eigenvalue weighted by Gasteiger charge is -2.09. The van der Waals surface area contributed by atoms with Crippen molar-refractivity contribution in [1.29, 1.82) is 0 Å². The van der Waals surface area contributed by atoms with Crippen LogP contribution in [0.3, 0.4) is 0 Å². The molecular formula is C12H11ClN2O2S. The number of benzene rings is 1. The predicted octanol–water partition coefficient (Wildman–Crippen LogP) is 2.34. The number of thioether (sulfide) groups is 1. The molecule has 18 heavy (non-hydrogen) atoms. The summed E-state index contributed by atoms with van der Waals surface area (Å²) in [6, 6.07) is 7.15. The molecule has 1 aliphatic heterocycles. The second kappa shape index (κ2) is 5.56. The van der Waals surface area contributed by atoms with Gasteiger partial charge in [-0.05, 0) is 29.5 Å². The summed E-state index contributed by atoms with van der Waals surface area (Å²) in [6.07, 6.45) is 1.63. The zero-order valence-corrected chi connectivity index (χ0v) is 11.0. The molecule has 1 aromatic rings. The molecule has 1 saturated heterocycles. The van der Waals surface area contributed by atoms with Crippen LogP contribution in [0, 0.1) is 0 Å². The van der Waals surface area contributed by atoms with Crippen molar-refractivity contribution in [1.82, 2.24) is 4.90 Å². The number of imide groups is 1. The van der Waals surface area contributed by atoms with E-state index in [0.717, 1.165) is 22.2 Å². The number of rotatable bonds is 3. The maximum atomic E-state index is 11.9. The zero-order valence-electron chi connectivity index (χ0n) is 9.43. The third-order valence-electron chi connectivity index (χ3n) is 2.42. The fourth-order valence-corrected chi connectivity index (χ4v) is 2.60. The highest BCUT2D eigenvalue weighted by Crippen LogP contribution is 2.32. The van der Waals surface area contributed by atoms with Crippen molar-refractivity contribution >= 4 is 40.6 Å². The maximum absolute atomic E-state index is 11.9. The molecule has 2 amide bonds. The maximum Gasteiger partial charge on any atom is 0.293 e. The number of nitrogens with zero attached hydrogens (tertiary/aromatic N) is 1. The molecule has 0 spiro atoms. The van der Waals surface area contributed by atoms with Crippen LogP contribution in [-0.2, 0) is 4.79 Å². The van der Waals surface area contributed by atoms with E-state index in [9.17, 15) is 9.59 Å². The highest BCUT2D eigenvalue weighted by molar-refractivity contribution is 8.18. The zero-order chi connectivity index (χ0) is 13.1. The lowest BCUT2D eigenvalue weighted by Crippen LogP contribution is -2.33. The van der Waals surface area contributed by atoms with Crippen LogP contribution >= 0.6 is 23.4 Å². The first-order chi connectivity index (χ1) is 8.63. The third kappa shape index (κ3) is 2.58. The number of nitrogens with two attached hydrogens (primary N) is 1. The number of hydrogen-bond donors (Lipinski definition) is 1. The molecule has 1 heterocycles. The Morgan fingerprint density at radius 1 is 1.33 bits per heavy atom. The van der Waals surface area contributed by atoms with Gasteiger partial charge >= 0.3 is 0 Å².